The Hall–Kier alpha value is -1.97. The maximum Gasteiger partial charge on any atom is 0.0674 e. The van der Waals surface area contributed by atoms with Gasteiger partial charge in [-0.1, -0.05) is 41.9 Å². The van der Waals surface area contributed by atoms with Crippen LogP contribution in [-0.2, 0) is 6.54 Å². The number of H-pyrrole nitrogens is 1. The molecule has 19 heavy (non-hydrogen) atoms. The lowest BCUT2D eigenvalue weighted by molar-refractivity contribution is 0.806. The summed E-state index contributed by atoms with van der Waals surface area (Å²) >= 11 is 6.07. The minimum Gasteiger partial charge on any atom is -0.361 e. The number of nitrogens with one attached hydrogen (secondary N) is 3. The Morgan fingerprint density at radius 2 is 1.79 bits per heavy atom. The van der Waals surface area contributed by atoms with Crippen LogP contribution in [0, 0.1) is 0 Å². The number of hydrazine groups is 1. The molecule has 0 atom stereocenters. The first-order chi connectivity index (χ1) is 9.34. The molecule has 0 fully saturated rings. The zero-order valence-electron chi connectivity index (χ0n) is 10.3. The molecule has 3 nitrogen and oxygen atoms in total. The Kier molecular flexibility index (Phi) is 3.40. The summed E-state index contributed by atoms with van der Waals surface area (Å²) < 4.78 is 0. The molecule has 1 heterocycles. The summed E-state index contributed by atoms with van der Waals surface area (Å²) in [4.78, 5) is 3.25. The Balaban J connectivity index is 1.68. The highest BCUT2D eigenvalue weighted by atomic mass is 35.5. The summed E-state index contributed by atoms with van der Waals surface area (Å²) in [6, 6.07) is 15.9. The van der Waals surface area contributed by atoms with Gasteiger partial charge in [0, 0.05) is 23.6 Å². The third-order valence-electron chi connectivity index (χ3n) is 3.05. The van der Waals surface area contributed by atoms with Crippen molar-refractivity contribution >= 4 is 28.2 Å². The molecule has 0 aliphatic carbocycles. The van der Waals surface area contributed by atoms with Crippen molar-refractivity contribution in [2.75, 3.05) is 5.43 Å². The van der Waals surface area contributed by atoms with Crippen LogP contribution >= 0.6 is 11.6 Å². The Morgan fingerprint density at radius 1 is 1.00 bits per heavy atom. The fourth-order valence-corrected chi connectivity index (χ4v) is 2.26. The van der Waals surface area contributed by atoms with E-state index < -0.39 is 0 Å². The number of fused-ring (bicyclic) bond motifs is 1. The summed E-state index contributed by atoms with van der Waals surface area (Å²) in [6.45, 7) is 0.717. The highest BCUT2D eigenvalue weighted by Crippen LogP contribution is 2.20. The van der Waals surface area contributed by atoms with Crippen LogP contribution in [0.15, 0.2) is 54.7 Å². The average Bonchev–Trinajstić information content (AvgIpc) is 2.85. The Morgan fingerprint density at radius 3 is 2.68 bits per heavy atom. The summed E-state index contributed by atoms with van der Waals surface area (Å²) in [5.74, 6) is 0. The smallest absolute Gasteiger partial charge is 0.0674 e. The normalized spacial score (nSPS) is 10.8. The predicted molar refractivity (Wildman–Crippen MR) is 80.2 cm³/mol. The number of aromatic amines is 1. The minimum atomic E-state index is 0.703. The highest BCUT2D eigenvalue weighted by Gasteiger charge is 2.02. The third-order valence-corrected chi connectivity index (χ3v) is 3.38. The first-order valence-electron chi connectivity index (χ1n) is 6.13. The molecule has 0 saturated heterocycles. The van der Waals surface area contributed by atoms with Crippen LogP contribution in [0.3, 0.4) is 0 Å². The van der Waals surface area contributed by atoms with Gasteiger partial charge in [-0.3, -0.25) is 0 Å². The molecule has 3 aromatic rings. The molecule has 4 heteroatoms. The maximum absolute atomic E-state index is 6.07. The Bertz CT molecular complexity index is 690. The van der Waals surface area contributed by atoms with Gasteiger partial charge in [0.15, 0.2) is 0 Å². The molecule has 0 aliphatic heterocycles. The van der Waals surface area contributed by atoms with Crippen molar-refractivity contribution in [2.24, 2.45) is 0 Å². The molecule has 96 valence electrons. The highest BCUT2D eigenvalue weighted by molar-refractivity contribution is 6.33. The fourth-order valence-electron chi connectivity index (χ4n) is 2.08. The van der Waals surface area contributed by atoms with Gasteiger partial charge < -0.3 is 10.4 Å². The average molecular weight is 272 g/mol. The molecular weight excluding hydrogens is 258 g/mol. The molecule has 0 spiro atoms. The van der Waals surface area contributed by atoms with E-state index in [1.54, 1.807) is 0 Å². The number of hydrogen-bond donors (Lipinski definition) is 3. The number of aromatic nitrogens is 1. The molecule has 3 rings (SSSR count). The van der Waals surface area contributed by atoms with Crippen molar-refractivity contribution in [1.82, 2.24) is 10.4 Å². The molecular formula is C15H14ClN3. The van der Waals surface area contributed by atoms with Gasteiger partial charge in [0.2, 0.25) is 0 Å². The molecule has 2 aromatic carbocycles. The van der Waals surface area contributed by atoms with Crippen LogP contribution in [0.4, 0.5) is 5.69 Å². The minimum absolute atomic E-state index is 0.703. The van der Waals surface area contributed by atoms with Gasteiger partial charge in [-0.2, -0.15) is 0 Å². The topological polar surface area (TPSA) is 39.8 Å². The number of hydrogen-bond acceptors (Lipinski definition) is 2. The molecule has 0 amide bonds. The lowest BCUT2D eigenvalue weighted by Gasteiger charge is -2.09. The molecule has 0 unspecified atom stereocenters. The van der Waals surface area contributed by atoms with Gasteiger partial charge in [0.25, 0.3) is 0 Å². The van der Waals surface area contributed by atoms with Gasteiger partial charge >= 0.3 is 0 Å². The summed E-state index contributed by atoms with van der Waals surface area (Å²) in [6.07, 6.45) is 2.02. The molecule has 0 radical (unpaired) electrons. The monoisotopic (exact) mass is 271 g/mol. The predicted octanol–water partition coefficient (Wildman–Crippen LogP) is 3.94. The van der Waals surface area contributed by atoms with Crippen LogP contribution < -0.4 is 10.9 Å². The van der Waals surface area contributed by atoms with Gasteiger partial charge in [0.1, 0.15) is 0 Å². The maximum atomic E-state index is 6.07. The number of benzene rings is 2. The van der Waals surface area contributed by atoms with Crippen LogP contribution in [0.1, 0.15) is 5.56 Å². The number of anilines is 1. The molecule has 1 aromatic heterocycles. The number of rotatable bonds is 4. The van der Waals surface area contributed by atoms with Gasteiger partial charge in [-0.05, 0) is 23.8 Å². The van der Waals surface area contributed by atoms with E-state index in [-0.39, 0.29) is 0 Å². The summed E-state index contributed by atoms with van der Waals surface area (Å²) in [5, 5.41) is 1.94. The van der Waals surface area contributed by atoms with E-state index in [0.29, 0.717) is 5.02 Å². The molecule has 0 bridgehead atoms. The fraction of sp³-hybridized carbons (Fsp3) is 0.0667. The Labute approximate surface area is 116 Å². The SMILES string of the molecule is Clc1ccccc1NNCc1c[nH]c2ccccc12. The van der Waals surface area contributed by atoms with Crippen molar-refractivity contribution in [3.63, 3.8) is 0 Å². The largest absolute Gasteiger partial charge is 0.361 e. The van der Waals surface area contributed by atoms with E-state index in [1.807, 2.05) is 42.6 Å². The zero-order chi connectivity index (χ0) is 13.1. The van der Waals surface area contributed by atoms with E-state index >= 15 is 0 Å². The van der Waals surface area contributed by atoms with E-state index in [1.165, 1.54) is 10.9 Å². The molecule has 0 saturated carbocycles. The van der Waals surface area contributed by atoms with E-state index in [4.69, 9.17) is 11.6 Å². The van der Waals surface area contributed by atoms with Crippen molar-refractivity contribution in [2.45, 2.75) is 6.54 Å². The number of halogens is 1. The van der Waals surface area contributed by atoms with Crippen molar-refractivity contribution in [3.8, 4) is 0 Å². The van der Waals surface area contributed by atoms with Crippen LogP contribution in [0.5, 0.6) is 0 Å². The first kappa shape index (κ1) is 12.1. The second-order valence-electron chi connectivity index (χ2n) is 4.32. The number of para-hydroxylation sites is 2. The third kappa shape index (κ3) is 2.57. The van der Waals surface area contributed by atoms with Crippen LogP contribution in [0.2, 0.25) is 5.02 Å². The summed E-state index contributed by atoms with van der Waals surface area (Å²) in [7, 11) is 0. The second kappa shape index (κ2) is 5.34. The van der Waals surface area contributed by atoms with E-state index in [2.05, 4.69) is 28.0 Å². The van der Waals surface area contributed by atoms with Crippen molar-refractivity contribution < 1.29 is 0 Å². The van der Waals surface area contributed by atoms with Gasteiger partial charge in [-0.25, -0.2) is 5.43 Å². The molecule has 0 aliphatic rings. The van der Waals surface area contributed by atoms with Crippen LogP contribution in [0.25, 0.3) is 10.9 Å². The van der Waals surface area contributed by atoms with Gasteiger partial charge in [0.05, 0.1) is 10.7 Å². The van der Waals surface area contributed by atoms with E-state index in [0.717, 1.165) is 17.7 Å². The summed E-state index contributed by atoms with van der Waals surface area (Å²) in [5.41, 5.74) is 9.55. The standard InChI is InChI=1S/C15H14ClN3/c16-13-6-2-4-8-15(13)19-18-10-11-9-17-14-7-3-1-5-12(11)14/h1-9,17-19H,10H2. The van der Waals surface area contributed by atoms with E-state index in [9.17, 15) is 0 Å². The quantitative estimate of drug-likeness (QED) is 0.629. The lowest BCUT2D eigenvalue weighted by atomic mass is 10.2. The lowest BCUT2D eigenvalue weighted by Crippen LogP contribution is -2.20. The first-order valence-corrected chi connectivity index (χ1v) is 6.51. The van der Waals surface area contributed by atoms with Crippen LogP contribution in [-0.4, -0.2) is 4.98 Å². The zero-order valence-corrected chi connectivity index (χ0v) is 11.0. The van der Waals surface area contributed by atoms with Gasteiger partial charge in [-0.15, -0.1) is 0 Å². The van der Waals surface area contributed by atoms with Crippen molar-refractivity contribution in [3.05, 3.63) is 65.3 Å². The second-order valence-corrected chi connectivity index (χ2v) is 4.73. The van der Waals surface area contributed by atoms with Crippen molar-refractivity contribution in [1.29, 1.82) is 0 Å². The molecule has 3 N–H and O–H groups in total.